The van der Waals surface area contributed by atoms with Crippen LogP contribution >= 0.6 is 0 Å². The Hall–Kier alpha value is -2.72. The van der Waals surface area contributed by atoms with Gasteiger partial charge in [0.25, 0.3) is 0 Å². The van der Waals surface area contributed by atoms with Crippen LogP contribution < -0.4 is 0 Å². The lowest BCUT2D eigenvalue weighted by molar-refractivity contribution is -0.181. The second-order valence-electron chi connectivity index (χ2n) is 8.72. The van der Waals surface area contributed by atoms with Gasteiger partial charge in [0.2, 0.25) is 5.71 Å². The minimum Gasteiger partial charge on any atom is -0.362 e. The van der Waals surface area contributed by atoms with Crippen molar-refractivity contribution in [3.63, 3.8) is 0 Å². The Labute approximate surface area is 162 Å². The van der Waals surface area contributed by atoms with E-state index in [2.05, 4.69) is 24.0 Å². The largest absolute Gasteiger partial charge is 0.367 e. The summed E-state index contributed by atoms with van der Waals surface area (Å²) in [5.74, 6) is 0.343. The number of para-hydroxylation sites is 2. The first-order chi connectivity index (χ1) is 13.4. The molecule has 1 aliphatic heterocycles. The second kappa shape index (κ2) is 5.42. The van der Waals surface area contributed by atoms with Gasteiger partial charge >= 0.3 is 5.97 Å². The summed E-state index contributed by atoms with van der Waals surface area (Å²) >= 11 is 0. The average molecular weight is 378 g/mol. The fourth-order valence-corrected chi connectivity index (χ4v) is 5.85. The summed E-state index contributed by atoms with van der Waals surface area (Å²) in [5.41, 5.74) is 0.399. The highest BCUT2D eigenvalue weighted by molar-refractivity contribution is 6.10. The number of fused-ring (bicyclic) bond motifs is 1. The van der Waals surface area contributed by atoms with Crippen molar-refractivity contribution in [2.75, 3.05) is 6.61 Å². The summed E-state index contributed by atoms with van der Waals surface area (Å²) in [5, 5.41) is 13.5. The minimum absolute atomic E-state index is 0.00515. The number of oxime groups is 1. The molecule has 28 heavy (non-hydrogen) atoms. The Bertz CT molecular complexity index is 1080. The van der Waals surface area contributed by atoms with Gasteiger partial charge < -0.3 is 14.1 Å². The van der Waals surface area contributed by atoms with Crippen LogP contribution in [0.1, 0.15) is 38.9 Å². The lowest BCUT2D eigenvalue weighted by Gasteiger charge is -2.38. The van der Waals surface area contributed by atoms with Gasteiger partial charge in [0.1, 0.15) is 6.07 Å². The number of aryl methyl sites for hydroxylation is 1. The molecule has 4 atom stereocenters. The molecule has 0 radical (unpaired) electrons. The zero-order chi connectivity index (χ0) is 19.7. The number of carbonyl (C=O) groups is 1. The Kier molecular flexibility index (Phi) is 3.36. The third-order valence-corrected chi connectivity index (χ3v) is 7.85. The van der Waals surface area contributed by atoms with Crippen molar-refractivity contribution in [3.8, 4) is 6.07 Å². The predicted molar refractivity (Wildman–Crippen MR) is 101 cm³/mol. The highest BCUT2D eigenvalue weighted by atomic mass is 16.7. The van der Waals surface area contributed by atoms with Gasteiger partial charge in [-0.2, -0.15) is 5.26 Å². The Morgan fingerprint density at radius 3 is 2.89 bits per heavy atom. The number of benzene rings is 1. The number of aromatic nitrogens is 2. The van der Waals surface area contributed by atoms with E-state index in [4.69, 9.17) is 9.57 Å². The summed E-state index contributed by atoms with van der Waals surface area (Å²) in [6.07, 6.45) is 2.74. The molecule has 5 rings (SSSR count). The molecule has 1 aromatic carbocycles. The van der Waals surface area contributed by atoms with Gasteiger partial charge in [-0.05, 0) is 37.3 Å². The van der Waals surface area contributed by atoms with E-state index >= 15 is 0 Å². The lowest BCUT2D eigenvalue weighted by atomic mass is 9.66. The maximum absolute atomic E-state index is 13.1. The molecule has 7 nitrogen and oxygen atoms in total. The number of hydrogen-bond acceptors (Lipinski definition) is 6. The van der Waals surface area contributed by atoms with Crippen molar-refractivity contribution in [3.05, 3.63) is 30.1 Å². The molecule has 2 saturated carbocycles. The molecule has 0 spiro atoms. The molecule has 2 aliphatic carbocycles. The van der Waals surface area contributed by atoms with Crippen LogP contribution in [0.15, 0.2) is 29.4 Å². The summed E-state index contributed by atoms with van der Waals surface area (Å²) in [4.78, 5) is 22.9. The Morgan fingerprint density at radius 2 is 2.21 bits per heavy atom. The fourth-order valence-electron chi connectivity index (χ4n) is 5.85. The van der Waals surface area contributed by atoms with Crippen LogP contribution in [0.4, 0.5) is 0 Å². The molecule has 4 bridgehead atoms. The first kappa shape index (κ1) is 17.4. The highest BCUT2D eigenvalue weighted by Crippen LogP contribution is 2.75. The van der Waals surface area contributed by atoms with Gasteiger partial charge in [-0.25, -0.2) is 9.78 Å². The third kappa shape index (κ3) is 1.84. The van der Waals surface area contributed by atoms with Crippen LogP contribution in [0.5, 0.6) is 0 Å². The molecule has 3 fully saturated rings. The molecule has 1 saturated heterocycles. The van der Waals surface area contributed by atoms with Crippen molar-refractivity contribution >= 4 is 22.7 Å². The standard InChI is InChI=1S/C21H22N4O3/c1-19-12-27-21(10-13(19)8-9-20(19,21)2)18(26)28-24-15(11-22)17-23-14-6-4-5-7-16(14)25(17)3/h4-7,13H,8-10,12H2,1-3H3/b24-15-/t13-,19-,20-,21-/m0/s1. The number of carbonyl (C=O) groups excluding carboxylic acids is 1. The molecule has 7 heteroatoms. The van der Waals surface area contributed by atoms with Crippen LogP contribution in [0.25, 0.3) is 11.0 Å². The van der Waals surface area contributed by atoms with Crippen molar-refractivity contribution in [2.45, 2.75) is 38.7 Å². The number of hydrogen-bond donors (Lipinski definition) is 0. The van der Waals surface area contributed by atoms with Crippen molar-refractivity contribution in [2.24, 2.45) is 29.0 Å². The summed E-state index contributed by atoms with van der Waals surface area (Å²) in [6, 6.07) is 9.57. The van der Waals surface area contributed by atoms with Gasteiger partial charge in [-0.3, -0.25) is 0 Å². The minimum atomic E-state index is -0.957. The average Bonchev–Trinajstić information content (AvgIpc) is 3.30. The first-order valence-electron chi connectivity index (χ1n) is 9.62. The zero-order valence-electron chi connectivity index (χ0n) is 16.2. The van der Waals surface area contributed by atoms with Crippen LogP contribution in [-0.2, 0) is 21.4 Å². The molecule has 0 unspecified atom stereocenters. The van der Waals surface area contributed by atoms with E-state index in [1.165, 1.54) is 0 Å². The Morgan fingerprint density at radius 1 is 1.43 bits per heavy atom. The van der Waals surface area contributed by atoms with Crippen molar-refractivity contribution in [1.82, 2.24) is 9.55 Å². The maximum Gasteiger partial charge on any atom is 0.367 e. The van der Waals surface area contributed by atoms with Crippen LogP contribution in [-0.4, -0.2) is 33.4 Å². The van der Waals surface area contributed by atoms with Crippen LogP contribution in [0, 0.1) is 28.1 Å². The van der Waals surface area contributed by atoms with E-state index < -0.39 is 11.6 Å². The number of imidazole rings is 1. The molecule has 0 N–H and O–H groups in total. The van der Waals surface area contributed by atoms with Gasteiger partial charge in [-0.15, -0.1) is 0 Å². The number of nitriles is 1. The van der Waals surface area contributed by atoms with Gasteiger partial charge in [0.05, 0.1) is 17.6 Å². The van der Waals surface area contributed by atoms with E-state index in [0.717, 1.165) is 23.9 Å². The topological polar surface area (TPSA) is 89.5 Å². The molecule has 2 aromatic rings. The van der Waals surface area contributed by atoms with E-state index in [-0.39, 0.29) is 16.5 Å². The van der Waals surface area contributed by atoms with Gasteiger partial charge in [0, 0.05) is 17.9 Å². The lowest BCUT2D eigenvalue weighted by Crippen LogP contribution is -2.50. The molecular formula is C21H22N4O3. The third-order valence-electron chi connectivity index (χ3n) is 7.85. The van der Waals surface area contributed by atoms with Gasteiger partial charge in [-0.1, -0.05) is 31.1 Å². The normalized spacial score (nSPS) is 36.1. The SMILES string of the molecule is Cn1c(/C(C#N)=N\OC(=O)[C@@]23C[C@@H]4CC[C@@]2(C)[C@@]4(C)CO3)nc2ccccc21. The van der Waals surface area contributed by atoms with E-state index in [1.54, 1.807) is 11.6 Å². The first-order valence-corrected chi connectivity index (χ1v) is 9.62. The van der Waals surface area contributed by atoms with Gasteiger partial charge in [0.15, 0.2) is 11.4 Å². The van der Waals surface area contributed by atoms with Crippen molar-refractivity contribution in [1.29, 1.82) is 5.26 Å². The number of nitrogens with zero attached hydrogens (tertiary/aromatic N) is 4. The molecular weight excluding hydrogens is 356 g/mol. The summed E-state index contributed by atoms with van der Waals surface area (Å²) < 4.78 is 7.81. The summed E-state index contributed by atoms with van der Waals surface area (Å²) in [6.45, 7) is 4.92. The predicted octanol–water partition coefficient (Wildman–Crippen LogP) is 2.94. The monoisotopic (exact) mass is 378 g/mol. The zero-order valence-corrected chi connectivity index (χ0v) is 16.2. The Balaban J connectivity index is 1.46. The molecule has 0 amide bonds. The smallest absolute Gasteiger partial charge is 0.362 e. The molecule has 144 valence electrons. The van der Waals surface area contributed by atoms with Crippen molar-refractivity contribution < 1.29 is 14.4 Å². The number of ether oxygens (including phenoxy) is 1. The highest BCUT2D eigenvalue weighted by Gasteiger charge is 2.79. The number of rotatable bonds is 3. The molecule has 2 heterocycles. The summed E-state index contributed by atoms with van der Waals surface area (Å²) in [7, 11) is 1.81. The second-order valence-corrected chi connectivity index (χ2v) is 8.72. The fraction of sp³-hybridized carbons (Fsp3) is 0.524. The van der Waals surface area contributed by atoms with E-state index in [9.17, 15) is 10.1 Å². The van der Waals surface area contributed by atoms with E-state index in [1.807, 2.05) is 30.3 Å². The quantitative estimate of drug-likeness (QED) is 0.465. The van der Waals surface area contributed by atoms with E-state index in [0.29, 0.717) is 24.8 Å². The van der Waals surface area contributed by atoms with Crippen LogP contribution in [0.2, 0.25) is 0 Å². The molecule has 1 aromatic heterocycles. The van der Waals surface area contributed by atoms with Crippen LogP contribution in [0.3, 0.4) is 0 Å². The maximum atomic E-state index is 13.1. The molecule has 3 aliphatic rings.